The summed E-state index contributed by atoms with van der Waals surface area (Å²) in [5, 5.41) is 19.7. The molecule has 92 valence electrons. The number of amides is 2. The molecule has 0 aliphatic carbocycles. The normalized spacial score (nSPS) is 19.2. The van der Waals surface area contributed by atoms with Crippen molar-refractivity contribution < 1.29 is 19.8 Å². The lowest BCUT2D eigenvalue weighted by atomic mass is 10.3. The van der Waals surface area contributed by atoms with Crippen LogP contribution in [0.3, 0.4) is 0 Å². The van der Waals surface area contributed by atoms with Crippen molar-refractivity contribution >= 4 is 12.0 Å². The van der Waals surface area contributed by atoms with Gasteiger partial charge in [0.15, 0.2) is 6.04 Å². The third-order valence-corrected chi connectivity index (χ3v) is 2.57. The fraction of sp³-hybridized carbons (Fsp3) is 0.778. The minimum atomic E-state index is -1.23. The van der Waals surface area contributed by atoms with Gasteiger partial charge >= 0.3 is 12.0 Å². The Morgan fingerprint density at radius 3 is 2.31 bits per heavy atom. The van der Waals surface area contributed by atoms with Crippen molar-refractivity contribution in [1.82, 2.24) is 15.1 Å². The summed E-state index contributed by atoms with van der Waals surface area (Å²) in [5.74, 6) is -1.23. The third-order valence-electron chi connectivity index (χ3n) is 2.57. The maximum atomic E-state index is 11.6. The van der Waals surface area contributed by atoms with Crippen LogP contribution in [0.25, 0.3) is 0 Å². The van der Waals surface area contributed by atoms with E-state index in [2.05, 4.69) is 10.2 Å². The minimum Gasteiger partial charge on any atom is -0.480 e. The summed E-state index contributed by atoms with van der Waals surface area (Å²) in [7, 11) is 1.96. The highest BCUT2D eigenvalue weighted by atomic mass is 16.4. The van der Waals surface area contributed by atoms with Gasteiger partial charge in [0.1, 0.15) is 0 Å². The molecule has 1 aliphatic heterocycles. The molecule has 0 spiro atoms. The van der Waals surface area contributed by atoms with Crippen LogP contribution < -0.4 is 5.32 Å². The van der Waals surface area contributed by atoms with Crippen molar-refractivity contribution in [3.8, 4) is 0 Å². The monoisotopic (exact) mass is 231 g/mol. The van der Waals surface area contributed by atoms with Crippen molar-refractivity contribution in [2.24, 2.45) is 0 Å². The number of carboxylic acids is 1. The van der Waals surface area contributed by atoms with Crippen molar-refractivity contribution in [2.75, 3.05) is 39.8 Å². The molecule has 1 aliphatic rings. The maximum absolute atomic E-state index is 11.6. The Kier molecular flexibility index (Phi) is 4.51. The van der Waals surface area contributed by atoms with Crippen molar-refractivity contribution in [3.05, 3.63) is 0 Å². The second-order valence-corrected chi connectivity index (χ2v) is 3.81. The molecule has 1 heterocycles. The number of rotatable bonds is 3. The predicted octanol–water partition coefficient (Wildman–Crippen LogP) is -1.61. The Balaban J connectivity index is 2.42. The van der Waals surface area contributed by atoms with Gasteiger partial charge in [-0.15, -0.1) is 0 Å². The molecule has 1 atom stereocenters. The van der Waals surface area contributed by atoms with E-state index in [4.69, 9.17) is 10.2 Å². The van der Waals surface area contributed by atoms with Gasteiger partial charge in [-0.2, -0.15) is 0 Å². The number of hydrogen-bond acceptors (Lipinski definition) is 4. The number of piperazine rings is 1. The summed E-state index contributed by atoms with van der Waals surface area (Å²) < 4.78 is 0. The van der Waals surface area contributed by atoms with E-state index in [9.17, 15) is 9.59 Å². The molecule has 0 saturated carbocycles. The Morgan fingerprint density at radius 1 is 1.31 bits per heavy atom. The van der Waals surface area contributed by atoms with Crippen molar-refractivity contribution in [3.63, 3.8) is 0 Å². The Labute approximate surface area is 93.6 Å². The van der Waals surface area contributed by atoms with E-state index in [1.807, 2.05) is 7.05 Å². The molecule has 7 heteroatoms. The number of aliphatic hydroxyl groups is 1. The summed E-state index contributed by atoms with van der Waals surface area (Å²) >= 11 is 0. The van der Waals surface area contributed by atoms with Gasteiger partial charge in [-0.05, 0) is 7.05 Å². The molecule has 1 fully saturated rings. The fourth-order valence-corrected chi connectivity index (χ4v) is 1.44. The van der Waals surface area contributed by atoms with Gasteiger partial charge in [0.25, 0.3) is 0 Å². The lowest BCUT2D eigenvalue weighted by Gasteiger charge is -2.32. The van der Waals surface area contributed by atoms with E-state index < -0.39 is 24.6 Å². The quantitative estimate of drug-likeness (QED) is 0.543. The number of nitrogens with zero attached hydrogens (tertiary/aromatic N) is 2. The van der Waals surface area contributed by atoms with Crippen molar-refractivity contribution in [2.45, 2.75) is 6.04 Å². The standard InChI is InChI=1S/C9H17N3O4/c1-11-2-4-12(5-3-11)9(16)10-7(6-13)8(14)15/h7,13H,2-6H2,1H3,(H,10,16)(H,14,15). The summed E-state index contributed by atoms with van der Waals surface area (Å²) in [5.41, 5.74) is 0. The number of aliphatic hydroxyl groups excluding tert-OH is 1. The van der Waals surface area contributed by atoms with Crippen LogP contribution in [0.5, 0.6) is 0 Å². The molecule has 2 amide bonds. The number of likely N-dealkylation sites (N-methyl/N-ethyl adjacent to an activating group) is 1. The second-order valence-electron chi connectivity index (χ2n) is 3.81. The zero-order chi connectivity index (χ0) is 12.1. The summed E-state index contributed by atoms with van der Waals surface area (Å²) in [6.07, 6.45) is 0. The lowest BCUT2D eigenvalue weighted by Crippen LogP contribution is -2.54. The van der Waals surface area contributed by atoms with Crippen LogP contribution in [0.4, 0.5) is 4.79 Å². The average Bonchev–Trinajstić information content (AvgIpc) is 2.26. The van der Waals surface area contributed by atoms with Gasteiger partial charge in [-0.3, -0.25) is 0 Å². The third kappa shape index (κ3) is 3.35. The smallest absolute Gasteiger partial charge is 0.328 e. The van der Waals surface area contributed by atoms with E-state index in [0.29, 0.717) is 13.1 Å². The van der Waals surface area contributed by atoms with E-state index >= 15 is 0 Å². The zero-order valence-electron chi connectivity index (χ0n) is 9.22. The maximum Gasteiger partial charge on any atom is 0.328 e. The van der Waals surface area contributed by atoms with Gasteiger partial charge in [0.2, 0.25) is 0 Å². The van der Waals surface area contributed by atoms with E-state index in [1.165, 1.54) is 0 Å². The first-order valence-electron chi connectivity index (χ1n) is 5.12. The van der Waals surface area contributed by atoms with Crippen LogP contribution in [-0.4, -0.2) is 77.9 Å². The molecule has 1 saturated heterocycles. The summed E-state index contributed by atoms with van der Waals surface area (Å²) in [4.78, 5) is 25.8. The predicted molar refractivity (Wildman–Crippen MR) is 56.1 cm³/mol. The fourth-order valence-electron chi connectivity index (χ4n) is 1.44. The van der Waals surface area contributed by atoms with Crippen LogP contribution in [-0.2, 0) is 4.79 Å². The molecular weight excluding hydrogens is 214 g/mol. The summed E-state index contributed by atoms with van der Waals surface area (Å²) in [6.45, 7) is 2.07. The van der Waals surface area contributed by atoms with Crippen LogP contribution in [0.1, 0.15) is 0 Å². The largest absolute Gasteiger partial charge is 0.480 e. The number of urea groups is 1. The van der Waals surface area contributed by atoms with Gasteiger partial charge in [0, 0.05) is 26.2 Å². The molecule has 0 bridgehead atoms. The van der Waals surface area contributed by atoms with Crippen LogP contribution in [0, 0.1) is 0 Å². The Morgan fingerprint density at radius 2 is 1.88 bits per heavy atom. The first kappa shape index (κ1) is 12.7. The molecule has 0 aromatic carbocycles. The molecular formula is C9H17N3O4. The second kappa shape index (κ2) is 5.66. The number of carbonyl (C=O) groups excluding carboxylic acids is 1. The zero-order valence-corrected chi connectivity index (χ0v) is 9.22. The number of aliphatic carboxylic acids is 1. The minimum absolute atomic E-state index is 0.436. The van der Waals surface area contributed by atoms with E-state index in [1.54, 1.807) is 4.90 Å². The number of nitrogens with one attached hydrogen (secondary N) is 1. The van der Waals surface area contributed by atoms with Crippen LogP contribution >= 0.6 is 0 Å². The Bertz CT molecular complexity index is 263. The molecule has 1 unspecified atom stereocenters. The van der Waals surface area contributed by atoms with Gasteiger partial charge in [-0.25, -0.2) is 9.59 Å². The first-order valence-corrected chi connectivity index (χ1v) is 5.12. The average molecular weight is 231 g/mol. The Hall–Kier alpha value is -1.34. The highest BCUT2D eigenvalue weighted by molar-refractivity contribution is 5.82. The highest BCUT2D eigenvalue weighted by Gasteiger charge is 2.24. The number of carboxylic acid groups (broad SMARTS) is 1. The van der Waals surface area contributed by atoms with Gasteiger partial charge in [0.05, 0.1) is 6.61 Å². The molecule has 16 heavy (non-hydrogen) atoms. The SMILES string of the molecule is CN1CCN(C(=O)NC(CO)C(=O)O)CC1. The van der Waals surface area contributed by atoms with Crippen LogP contribution in [0.15, 0.2) is 0 Å². The molecule has 7 nitrogen and oxygen atoms in total. The molecule has 1 rings (SSSR count). The lowest BCUT2D eigenvalue weighted by molar-refractivity contribution is -0.140. The van der Waals surface area contributed by atoms with E-state index in [-0.39, 0.29) is 0 Å². The number of hydrogen-bond donors (Lipinski definition) is 3. The van der Waals surface area contributed by atoms with Gasteiger partial charge in [-0.1, -0.05) is 0 Å². The highest BCUT2D eigenvalue weighted by Crippen LogP contribution is 1.99. The number of carbonyl (C=O) groups is 2. The molecule has 0 aromatic heterocycles. The van der Waals surface area contributed by atoms with E-state index in [0.717, 1.165) is 13.1 Å². The topological polar surface area (TPSA) is 93.1 Å². The van der Waals surface area contributed by atoms with Gasteiger partial charge < -0.3 is 25.3 Å². The molecule has 0 radical (unpaired) electrons. The first-order chi connectivity index (χ1) is 7.54. The molecule has 3 N–H and O–H groups in total. The molecule has 0 aromatic rings. The van der Waals surface area contributed by atoms with Crippen molar-refractivity contribution in [1.29, 1.82) is 0 Å². The van der Waals surface area contributed by atoms with Crippen LogP contribution in [0.2, 0.25) is 0 Å². The summed E-state index contributed by atoms with van der Waals surface area (Å²) in [6, 6.07) is -1.67.